The number of rotatable bonds is 2. The van der Waals surface area contributed by atoms with Crippen molar-refractivity contribution < 1.29 is 4.79 Å². The Bertz CT molecular complexity index is 394. The van der Waals surface area contributed by atoms with Crippen LogP contribution in [-0.2, 0) is 0 Å². The van der Waals surface area contributed by atoms with E-state index in [1.165, 1.54) is 17.8 Å². The SMILES string of the molecule is CC1CC(C)CC(NC(=O)c2csc(N)n2)C1. The predicted octanol–water partition coefficient (Wildman–Crippen LogP) is 2.28. The van der Waals surface area contributed by atoms with E-state index in [1.807, 2.05) is 0 Å². The number of nitrogen functional groups attached to an aromatic ring is 1. The summed E-state index contributed by atoms with van der Waals surface area (Å²) in [4.78, 5) is 15.9. The van der Waals surface area contributed by atoms with Crippen LogP contribution < -0.4 is 11.1 Å². The van der Waals surface area contributed by atoms with Crippen molar-refractivity contribution in [1.29, 1.82) is 0 Å². The van der Waals surface area contributed by atoms with Gasteiger partial charge >= 0.3 is 0 Å². The molecule has 1 aromatic rings. The van der Waals surface area contributed by atoms with E-state index in [9.17, 15) is 4.79 Å². The van der Waals surface area contributed by atoms with Crippen LogP contribution in [0.3, 0.4) is 0 Å². The highest BCUT2D eigenvalue weighted by molar-refractivity contribution is 7.13. The molecule has 1 aromatic heterocycles. The molecule has 1 heterocycles. The lowest BCUT2D eigenvalue weighted by molar-refractivity contribution is 0.0907. The van der Waals surface area contributed by atoms with Gasteiger partial charge in [0.1, 0.15) is 5.69 Å². The van der Waals surface area contributed by atoms with Gasteiger partial charge in [0.2, 0.25) is 0 Å². The number of hydrogen-bond donors (Lipinski definition) is 2. The molecule has 4 nitrogen and oxygen atoms in total. The molecule has 1 aliphatic carbocycles. The highest BCUT2D eigenvalue weighted by Crippen LogP contribution is 2.28. The first-order valence-electron chi connectivity index (χ1n) is 6.06. The zero-order valence-electron chi connectivity index (χ0n) is 10.3. The molecule has 3 N–H and O–H groups in total. The minimum absolute atomic E-state index is 0.0933. The molecule has 0 spiro atoms. The Morgan fingerprint density at radius 2 is 2.06 bits per heavy atom. The Morgan fingerprint density at radius 3 is 2.59 bits per heavy atom. The molecule has 5 heteroatoms. The third-order valence-electron chi connectivity index (χ3n) is 3.27. The molecule has 1 fully saturated rings. The van der Waals surface area contributed by atoms with Crippen molar-refractivity contribution in [2.24, 2.45) is 11.8 Å². The molecule has 2 rings (SSSR count). The summed E-state index contributed by atoms with van der Waals surface area (Å²) in [7, 11) is 0. The molecule has 0 bridgehead atoms. The Morgan fingerprint density at radius 1 is 1.41 bits per heavy atom. The topological polar surface area (TPSA) is 68.0 Å². The van der Waals surface area contributed by atoms with Crippen LogP contribution in [-0.4, -0.2) is 16.9 Å². The van der Waals surface area contributed by atoms with Crippen molar-refractivity contribution in [1.82, 2.24) is 10.3 Å². The van der Waals surface area contributed by atoms with Crippen LogP contribution in [0.5, 0.6) is 0 Å². The maximum absolute atomic E-state index is 11.9. The summed E-state index contributed by atoms with van der Waals surface area (Å²) in [5.41, 5.74) is 5.96. The molecule has 94 valence electrons. The second-order valence-electron chi connectivity index (χ2n) is 5.16. The number of hydrogen-bond acceptors (Lipinski definition) is 4. The number of thiazole rings is 1. The van der Waals surface area contributed by atoms with E-state index in [4.69, 9.17) is 5.73 Å². The predicted molar refractivity (Wildman–Crippen MR) is 70.0 cm³/mol. The first-order chi connectivity index (χ1) is 8.04. The van der Waals surface area contributed by atoms with Crippen LogP contribution in [0, 0.1) is 11.8 Å². The van der Waals surface area contributed by atoms with Gasteiger partial charge < -0.3 is 11.1 Å². The molecule has 0 saturated heterocycles. The van der Waals surface area contributed by atoms with Crippen LogP contribution in [0.25, 0.3) is 0 Å². The van der Waals surface area contributed by atoms with Crippen LogP contribution in [0.2, 0.25) is 0 Å². The average molecular weight is 253 g/mol. The van der Waals surface area contributed by atoms with Gasteiger partial charge in [0.05, 0.1) is 0 Å². The molecule has 1 aliphatic rings. The van der Waals surface area contributed by atoms with Gasteiger partial charge in [-0.2, -0.15) is 0 Å². The molecular formula is C12H19N3OS. The highest BCUT2D eigenvalue weighted by Gasteiger charge is 2.25. The van der Waals surface area contributed by atoms with Gasteiger partial charge in [-0.3, -0.25) is 4.79 Å². The standard InChI is InChI=1S/C12H19N3OS/c1-7-3-8(2)5-9(4-7)14-11(16)10-6-17-12(13)15-10/h6-9H,3-5H2,1-2H3,(H2,13,15)(H,14,16). The highest BCUT2D eigenvalue weighted by atomic mass is 32.1. The third kappa shape index (κ3) is 3.19. The lowest BCUT2D eigenvalue weighted by Gasteiger charge is -2.31. The van der Waals surface area contributed by atoms with E-state index in [0.29, 0.717) is 22.7 Å². The summed E-state index contributed by atoms with van der Waals surface area (Å²) in [5, 5.41) is 5.21. The molecule has 0 aromatic carbocycles. The molecule has 1 saturated carbocycles. The van der Waals surface area contributed by atoms with E-state index in [0.717, 1.165) is 12.8 Å². The zero-order chi connectivity index (χ0) is 12.4. The number of aromatic nitrogens is 1. The van der Waals surface area contributed by atoms with E-state index in [1.54, 1.807) is 5.38 Å². The Labute approximate surface area is 106 Å². The lowest BCUT2D eigenvalue weighted by Crippen LogP contribution is -2.40. The number of amides is 1. The molecule has 17 heavy (non-hydrogen) atoms. The van der Waals surface area contributed by atoms with Crippen molar-refractivity contribution >= 4 is 22.4 Å². The van der Waals surface area contributed by atoms with E-state index in [2.05, 4.69) is 24.1 Å². The minimum Gasteiger partial charge on any atom is -0.375 e. The molecule has 2 atom stereocenters. The molecule has 0 radical (unpaired) electrons. The van der Waals surface area contributed by atoms with Gasteiger partial charge in [-0.05, 0) is 31.1 Å². The Kier molecular flexibility index (Phi) is 3.66. The molecule has 1 amide bonds. The largest absolute Gasteiger partial charge is 0.375 e. The fourth-order valence-electron chi connectivity index (χ4n) is 2.72. The molecular weight excluding hydrogens is 234 g/mol. The quantitative estimate of drug-likeness (QED) is 0.849. The Balaban J connectivity index is 1.94. The van der Waals surface area contributed by atoms with E-state index >= 15 is 0 Å². The van der Waals surface area contributed by atoms with Gasteiger partial charge in [-0.15, -0.1) is 11.3 Å². The average Bonchev–Trinajstić information content (AvgIpc) is 2.63. The second-order valence-corrected chi connectivity index (χ2v) is 6.05. The number of nitrogens with one attached hydrogen (secondary N) is 1. The number of anilines is 1. The summed E-state index contributed by atoms with van der Waals surface area (Å²) in [6.45, 7) is 4.49. The van der Waals surface area contributed by atoms with E-state index in [-0.39, 0.29) is 11.9 Å². The number of carbonyl (C=O) groups excluding carboxylic acids is 1. The fourth-order valence-corrected chi connectivity index (χ4v) is 3.26. The first-order valence-corrected chi connectivity index (χ1v) is 6.94. The van der Waals surface area contributed by atoms with Crippen molar-refractivity contribution in [3.8, 4) is 0 Å². The minimum atomic E-state index is -0.0933. The van der Waals surface area contributed by atoms with Gasteiger partial charge in [0.25, 0.3) is 5.91 Å². The summed E-state index contributed by atoms with van der Waals surface area (Å²) in [5.74, 6) is 1.28. The van der Waals surface area contributed by atoms with Crippen molar-refractivity contribution in [3.05, 3.63) is 11.1 Å². The van der Waals surface area contributed by atoms with Crippen LogP contribution in [0.15, 0.2) is 5.38 Å². The van der Waals surface area contributed by atoms with Crippen LogP contribution in [0.4, 0.5) is 5.13 Å². The second kappa shape index (κ2) is 5.04. The lowest BCUT2D eigenvalue weighted by atomic mass is 9.80. The number of carbonyl (C=O) groups is 1. The maximum atomic E-state index is 11.9. The van der Waals surface area contributed by atoms with Gasteiger partial charge in [-0.25, -0.2) is 4.98 Å². The smallest absolute Gasteiger partial charge is 0.271 e. The summed E-state index contributed by atoms with van der Waals surface area (Å²) in [6.07, 6.45) is 3.39. The number of nitrogens with two attached hydrogens (primary N) is 1. The van der Waals surface area contributed by atoms with Crippen LogP contribution in [0.1, 0.15) is 43.6 Å². The summed E-state index contributed by atoms with van der Waals surface area (Å²) in [6, 6.07) is 0.282. The maximum Gasteiger partial charge on any atom is 0.271 e. The van der Waals surface area contributed by atoms with Gasteiger partial charge in [0, 0.05) is 11.4 Å². The van der Waals surface area contributed by atoms with Gasteiger partial charge in [0.15, 0.2) is 5.13 Å². The fraction of sp³-hybridized carbons (Fsp3) is 0.667. The summed E-state index contributed by atoms with van der Waals surface area (Å²) < 4.78 is 0. The normalized spacial score (nSPS) is 28.9. The van der Waals surface area contributed by atoms with Crippen molar-refractivity contribution in [2.75, 3.05) is 5.73 Å². The van der Waals surface area contributed by atoms with E-state index < -0.39 is 0 Å². The zero-order valence-corrected chi connectivity index (χ0v) is 11.1. The molecule has 2 unspecified atom stereocenters. The van der Waals surface area contributed by atoms with Crippen molar-refractivity contribution in [3.63, 3.8) is 0 Å². The summed E-state index contributed by atoms with van der Waals surface area (Å²) >= 11 is 1.30. The first kappa shape index (κ1) is 12.4. The van der Waals surface area contributed by atoms with Crippen LogP contribution >= 0.6 is 11.3 Å². The monoisotopic (exact) mass is 253 g/mol. The third-order valence-corrected chi connectivity index (χ3v) is 3.94. The molecule has 0 aliphatic heterocycles. The van der Waals surface area contributed by atoms with Crippen molar-refractivity contribution in [2.45, 2.75) is 39.2 Å². The number of nitrogens with zero attached hydrogens (tertiary/aromatic N) is 1. The van der Waals surface area contributed by atoms with Gasteiger partial charge in [-0.1, -0.05) is 13.8 Å². The Hall–Kier alpha value is -1.10.